The summed E-state index contributed by atoms with van der Waals surface area (Å²) in [6.07, 6.45) is 3.16. The lowest BCUT2D eigenvalue weighted by molar-refractivity contribution is 0.00133. The molecule has 0 aromatic rings. The molecule has 1 unspecified atom stereocenters. The standard InChI is InChI=1S/C9H16BNO3/c1-4-14-9-8(10(12)13)6-5-7(2)11(9)3/h5-6,9,12-13H,4H2,1-3H3. The van der Waals surface area contributed by atoms with Crippen LogP contribution in [0.2, 0.25) is 0 Å². The second-order valence-electron chi connectivity index (χ2n) is 3.27. The van der Waals surface area contributed by atoms with Crippen molar-refractivity contribution in [2.75, 3.05) is 13.7 Å². The molecule has 0 spiro atoms. The second-order valence-corrected chi connectivity index (χ2v) is 3.27. The van der Waals surface area contributed by atoms with Gasteiger partial charge in [0.15, 0.2) is 0 Å². The lowest BCUT2D eigenvalue weighted by atomic mass is 9.76. The van der Waals surface area contributed by atoms with Crippen molar-refractivity contribution in [2.24, 2.45) is 0 Å². The maximum Gasteiger partial charge on any atom is 0.488 e. The van der Waals surface area contributed by atoms with Crippen LogP contribution < -0.4 is 0 Å². The van der Waals surface area contributed by atoms with Gasteiger partial charge in [0.25, 0.3) is 0 Å². The van der Waals surface area contributed by atoms with Gasteiger partial charge in [-0.3, -0.25) is 0 Å². The van der Waals surface area contributed by atoms with E-state index >= 15 is 0 Å². The average Bonchev–Trinajstić information content (AvgIpc) is 2.13. The van der Waals surface area contributed by atoms with E-state index in [2.05, 4.69) is 0 Å². The zero-order valence-corrected chi connectivity index (χ0v) is 8.77. The van der Waals surface area contributed by atoms with Crippen molar-refractivity contribution in [3.05, 3.63) is 23.3 Å². The first-order valence-electron chi connectivity index (χ1n) is 4.66. The Labute approximate surface area is 84.6 Å². The van der Waals surface area contributed by atoms with Gasteiger partial charge in [0.1, 0.15) is 6.23 Å². The average molecular weight is 197 g/mol. The Balaban J connectivity index is 2.88. The molecule has 78 valence electrons. The summed E-state index contributed by atoms with van der Waals surface area (Å²) in [5.74, 6) is 0. The van der Waals surface area contributed by atoms with E-state index in [-0.39, 0.29) is 6.23 Å². The van der Waals surface area contributed by atoms with Gasteiger partial charge < -0.3 is 19.7 Å². The number of allylic oxidation sites excluding steroid dienone is 3. The molecule has 0 amide bonds. The van der Waals surface area contributed by atoms with Crippen molar-refractivity contribution in [2.45, 2.75) is 20.1 Å². The minimum atomic E-state index is -1.46. The highest BCUT2D eigenvalue weighted by Gasteiger charge is 2.30. The molecule has 0 aliphatic carbocycles. The summed E-state index contributed by atoms with van der Waals surface area (Å²) in [6, 6.07) is 0. The van der Waals surface area contributed by atoms with Crippen LogP contribution in [0.5, 0.6) is 0 Å². The molecule has 0 fully saturated rings. The van der Waals surface area contributed by atoms with Crippen LogP contribution >= 0.6 is 0 Å². The molecule has 1 aliphatic rings. The molecule has 5 heteroatoms. The normalized spacial score (nSPS) is 21.8. The molecule has 1 heterocycles. The maximum absolute atomic E-state index is 9.13. The number of nitrogens with zero attached hydrogens (tertiary/aromatic N) is 1. The number of rotatable bonds is 3. The van der Waals surface area contributed by atoms with Gasteiger partial charge in [-0.05, 0) is 19.9 Å². The predicted octanol–water partition coefficient (Wildman–Crippen LogP) is 0.137. The third-order valence-corrected chi connectivity index (χ3v) is 2.33. The van der Waals surface area contributed by atoms with E-state index < -0.39 is 7.12 Å². The molecule has 2 N–H and O–H groups in total. The predicted molar refractivity (Wildman–Crippen MR) is 55.2 cm³/mol. The Kier molecular flexibility index (Phi) is 3.74. The summed E-state index contributed by atoms with van der Waals surface area (Å²) in [5, 5.41) is 18.3. The van der Waals surface area contributed by atoms with E-state index in [0.717, 1.165) is 5.70 Å². The fourth-order valence-corrected chi connectivity index (χ4v) is 1.40. The number of hydrogen-bond donors (Lipinski definition) is 2. The van der Waals surface area contributed by atoms with Crippen LogP contribution in [0.25, 0.3) is 0 Å². The Morgan fingerprint density at radius 3 is 2.64 bits per heavy atom. The molecule has 4 nitrogen and oxygen atoms in total. The smallest absolute Gasteiger partial charge is 0.423 e. The molecule has 1 atom stereocenters. The molecule has 0 radical (unpaired) electrons. The van der Waals surface area contributed by atoms with Crippen LogP contribution in [-0.2, 0) is 4.74 Å². The highest BCUT2D eigenvalue weighted by atomic mass is 16.5. The summed E-state index contributed by atoms with van der Waals surface area (Å²) in [7, 11) is 0.403. The third-order valence-electron chi connectivity index (χ3n) is 2.33. The lowest BCUT2D eigenvalue weighted by Crippen LogP contribution is -2.41. The van der Waals surface area contributed by atoms with Gasteiger partial charge in [0.05, 0.1) is 0 Å². The van der Waals surface area contributed by atoms with Crippen LogP contribution in [-0.4, -0.2) is 41.9 Å². The van der Waals surface area contributed by atoms with E-state index in [1.807, 2.05) is 31.9 Å². The fourth-order valence-electron chi connectivity index (χ4n) is 1.40. The van der Waals surface area contributed by atoms with Crippen LogP contribution in [0, 0.1) is 0 Å². The van der Waals surface area contributed by atoms with Crippen molar-refractivity contribution in [3.63, 3.8) is 0 Å². The molecule has 0 aromatic heterocycles. The molecule has 0 aromatic carbocycles. The highest BCUT2D eigenvalue weighted by Crippen LogP contribution is 2.21. The first-order valence-corrected chi connectivity index (χ1v) is 4.66. The number of hydrogen-bond acceptors (Lipinski definition) is 4. The Morgan fingerprint density at radius 2 is 2.14 bits per heavy atom. The fraction of sp³-hybridized carbons (Fsp3) is 0.556. The molecule has 0 saturated carbocycles. The Hall–Kier alpha value is -0.775. The molecule has 0 saturated heterocycles. The maximum atomic E-state index is 9.13. The molecular formula is C9H16BNO3. The largest absolute Gasteiger partial charge is 0.488 e. The second kappa shape index (κ2) is 4.64. The zero-order valence-electron chi connectivity index (χ0n) is 8.77. The molecular weight excluding hydrogens is 181 g/mol. The monoisotopic (exact) mass is 197 g/mol. The van der Waals surface area contributed by atoms with Gasteiger partial charge in [-0.1, -0.05) is 6.08 Å². The Morgan fingerprint density at radius 1 is 1.50 bits per heavy atom. The Bertz CT molecular complexity index is 263. The van der Waals surface area contributed by atoms with E-state index in [1.165, 1.54) is 0 Å². The van der Waals surface area contributed by atoms with Gasteiger partial charge in [0.2, 0.25) is 0 Å². The minimum absolute atomic E-state index is 0.370. The van der Waals surface area contributed by atoms with Crippen molar-refractivity contribution in [1.29, 1.82) is 0 Å². The van der Waals surface area contributed by atoms with E-state index in [0.29, 0.717) is 12.1 Å². The van der Waals surface area contributed by atoms with Gasteiger partial charge in [-0.25, -0.2) is 0 Å². The van der Waals surface area contributed by atoms with Crippen molar-refractivity contribution in [3.8, 4) is 0 Å². The SMILES string of the molecule is CCOC1C(B(O)O)=CC=C(C)N1C. The van der Waals surface area contributed by atoms with E-state index in [4.69, 9.17) is 14.8 Å². The van der Waals surface area contributed by atoms with Gasteiger partial charge in [-0.15, -0.1) is 0 Å². The van der Waals surface area contributed by atoms with Crippen LogP contribution in [0.4, 0.5) is 0 Å². The third kappa shape index (κ3) is 2.18. The van der Waals surface area contributed by atoms with Crippen molar-refractivity contribution >= 4 is 7.12 Å². The summed E-state index contributed by atoms with van der Waals surface area (Å²) < 4.78 is 5.44. The van der Waals surface area contributed by atoms with Crippen LogP contribution in [0.3, 0.4) is 0 Å². The van der Waals surface area contributed by atoms with Crippen molar-refractivity contribution in [1.82, 2.24) is 4.90 Å². The van der Waals surface area contributed by atoms with Gasteiger partial charge in [0, 0.05) is 24.8 Å². The van der Waals surface area contributed by atoms with E-state index in [9.17, 15) is 0 Å². The van der Waals surface area contributed by atoms with Crippen LogP contribution in [0.1, 0.15) is 13.8 Å². The molecule has 1 aliphatic heterocycles. The number of ether oxygens (including phenoxy) is 1. The highest BCUT2D eigenvalue weighted by molar-refractivity contribution is 6.51. The summed E-state index contributed by atoms with van der Waals surface area (Å²) in [5.41, 5.74) is 1.51. The zero-order chi connectivity index (χ0) is 10.7. The topological polar surface area (TPSA) is 52.9 Å². The first-order chi connectivity index (χ1) is 6.57. The summed E-state index contributed by atoms with van der Waals surface area (Å²) in [4.78, 5) is 1.87. The van der Waals surface area contributed by atoms with Crippen molar-refractivity contribution < 1.29 is 14.8 Å². The summed E-state index contributed by atoms with van der Waals surface area (Å²) >= 11 is 0. The lowest BCUT2D eigenvalue weighted by Gasteiger charge is -2.34. The first kappa shape index (κ1) is 11.3. The molecule has 1 rings (SSSR count). The van der Waals surface area contributed by atoms with E-state index in [1.54, 1.807) is 6.08 Å². The van der Waals surface area contributed by atoms with Gasteiger partial charge in [-0.2, -0.15) is 0 Å². The van der Waals surface area contributed by atoms with Gasteiger partial charge >= 0.3 is 7.12 Å². The summed E-state index contributed by atoms with van der Waals surface area (Å²) in [6.45, 7) is 4.36. The molecule has 14 heavy (non-hydrogen) atoms. The van der Waals surface area contributed by atoms with Crippen LogP contribution in [0.15, 0.2) is 23.3 Å². The number of likely N-dealkylation sites (N-methyl/N-ethyl adjacent to an activating group) is 1. The quantitative estimate of drug-likeness (QED) is 0.631. The molecule has 0 bridgehead atoms. The minimum Gasteiger partial charge on any atom is -0.423 e.